The molecule has 1 aliphatic rings. The summed E-state index contributed by atoms with van der Waals surface area (Å²) in [6.07, 6.45) is 2.25. The molecule has 1 aliphatic carbocycles. The molecule has 3 N–H and O–H groups in total. The molecule has 1 rings (SSSR count). The SMILES string of the molecule is C[B]C(N)/C(=N/O)C1CC1. The zero-order valence-corrected chi connectivity index (χ0v) is 6.12. The maximum Gasteiger partial charge on any atom is 0.137 e. The number of oxime groups is 1. The first-order valence-electron chi connectivity index (χ1n) is 3.56. The second kappa shape index (κ2) is 3.06. The molecule has 0 aliphatic heterocycles. The van der Waals surface area contributed by atoms with Gasteiger partial charge in [0.1, 0.15) is 7.28 Å². The summed E-state index contributed by atoms with van der Waals surface area (Å²) in [6, 6.07) is 0. The minimum Gasteiger partial charge on any atom is -0.411 e. The van der Waals surface area contributed by atoms with Crippen LogP contribution in [0.4, 0.5) is 0 Å². The molecule has 0 amide bonds. The lowest BCUT2D eigenvalue weighted by Crippen LogP contribution is -2.36. The van der Waals surface area contributed by atoms with E-state index in [-0.39, 0.29) is 5.94 Å². The molecule has 3 nitrogen and oxygen atoms in total. The van der Waals surface area contributed by atoms with Gasteiger partial charge in [0.05, 0.1) is 5.71 Å². The third-order valence-electron chi connectivity index (χ3n) is 1.81. The Hall–Kier alpha value is -0.505. The summed E-state index contributed by atoms with van der Waals surface area (Å²) in [6.45, 7) is 1.87. The lowest BCUT2D eigenvalue weighted by atomic mass is 9.70. The fourth-order valence-electron chi connectivity index (χ4n) is 0.970. The summed E-state index contributed by atoms with van der Waals surface area (Å²) in [5, 5.41) is 11.7. The minimum atomic E-state index is -0.155. The van der Waals surface area contributed by atoms with E-state index in [1.54, 1.807) is 0 Å². The van der Waals surface area contributed by atoms with Crippen LogP contribution in [-0.2, 0) is 0 Å². The zero-order valence-electron chi connectivity index (χ0n) is 6.12. The van der Waals surface area contributed by atoms with Crippen molar-refractivity contribution in [3.05, 3.63) is 0 Å². The highest BCUT2D eigenvalue weighted by Crippen LogP contribution is 2.31. The quantitative estimate of drug-likeness (QED) is 0.255. The Morgan fingerprint density at radius 3 is 2.70 bits per heavy atom. The van der Waals surface area contributed by atoms with Crippen LogP contribution in [0.2, 0.25) is 6.82 Å². The standard InChI is InChI=1S/C6H12BN2O/c1-7-6(8)5(9-10)4-2-3-4/h4,6,10H,2-3,8H2,1H3/b9-5+. The number of nitrogens with zero attached hydrogens (tertiary/aromatic N) is 1. The zero-order chi connectivity index (χ0) is 7.56. The van der Waals surface area contributed by atoms with Gasteiger partial charge in [-0.3, -0.25) is 0 Å². The van der Waals surface area contributed by atoms with Crippen molar-refractivity contribution in [2.24, 2.45) is 16.8 Å². The average Bonchev–Trinajstić information content (AvgIpc) is 2.73. The van der Waals surface area contributed by atoms with Crippen LogP contribution in [0.5, 0.6) is 0 Å². The van der Waals surface area contributed by atoms with Crippen LogP contribution in [0, 0.1) is 5.92 Å². The molecule has 0 aromatic carbocycles. The van der Waals surface area contributed by atoms with Crippen LogP contribution in [0.3, 0.4) is 0 Å². The van der Waals surface area contributed by atoms with E-state index in [1.165, 1.54) is 0 Å². The van der Waals surface area contributed by atoms with Gasteiger partial charge in [0.2, 0.25) is 0 Å². The third kappa shape index (κ3) is 1.50. The van der Waals surface area contributed by atoms with Gasteiger partial charge in [0, 0.05) is 11.9 Å². The Kier molecular flexibility index (Phi) is 2.32. The van der Waals surface area contributed by atoms with Gasteiger partial charge < -0.3 is 10.9 Å². The first-order chi connectivity index (χ1) is 4.79. The van der Waals surface area contributed by atoms with Crippen molar-refractivity contribution < 1.29 is 5.21 Å². The van der Waals surface area contributed by atoms with E-state index in [2.05, 4.69) is 5.16 Å². The van der Waals surface area contributed by atoms with Crippen molar-refractivity contribution in [1.29, 1.82) is 0 Å². The predicted molar refractivity (Wildman–Crippen MR) is 41.5 cm³/mol. The Bertz CT molecular complexity index is 145. The average molecular weight is 139 g/mol. The van der Waals surface area contributed by atoms with Gasteiger partial charge >= 0.3 is 0 Å². The largest absolute Gasteiger partial charge is 0.411 e. The van der Waals surface area contributed by atoms with Gasteiger partial charge in [-0.05, 0) is 12.8 Å². The summed E-state index contributed by atoms with van der Waals surface area (Å²) in [5.41, 5.74) is 6.36. The van der Waals surface area contributed by atoms with Crippen molar-refractivity contribution >= 4 is 13.0 Å². The van der Waals surface area contributed by atoms with E-state index in [1.807, 2.05) is 14.1 Å². The first-order valence-corrected chi connectivity index (χ1v) is 3.56. The highest BCUT2D eigenvalue weighted by atomic mass is 16.4. The lowest BCUT2D eigenvalue weighted by molar-refractivity contribution is 0.316. The molecule has 0 aromatic rings. The van der Waals surface area contributed by atoms with Crippen LogP contribution in [-0.4, -0.2) is 24.1 Å². The highest BCUT2D eigenvalue weighted by molar-refractivity contribution is 6.43. The molecule has 0 bridgehead atoms. The number of hydrogen-bond acceptors (Lipinski definition) is 3. The second-order valence-electron chi connectivity index (χ2n) is 2.66. The Labute approximate surface area is 61.5 Å². The van der Waals surface area contributed by atoms with Crippen LogP contribution in [0.1, 0.15) is 12.8 Å². The monoisotopic (exact) mass is 139 g/mol. The van der Waals surface area contributed by atoms with Gasteiger partial charge in [-0.1, -0.05) is 12.0 Å². The van der Waals surface area contributed by atoms with E-state index < -0.39 is 0 Å². The smallest absolute Gasteiger partial charge is 0.137 e. The number of rotatable bonds is 3. The maximum atomic E-state index is 8.53. The molecular formula is C6H12BN2O. The topological polar surface area (TPSA) is 58.6 Å². The third-order valence-corrected chi connectivity index (χ3v) is 1.81. The van der Waals surface area contributed by atoms with Crippen molar-refractivity contribution in [3.63, 3.8) is 0 Å². The lowest BCUT2D eigenvalue weighted by Gasteiger charge is -2.07. The summed E-state index contributed by atoms with van der Waals surface area (Å²) >= 11 is 0. The molecule has 1 atom stereocenters. The normalized spacial score (nSPS) is 22.4. The molecule has 1 unspecified atom stereocenters. The highest BCUT2D eigenvalue weighted by Gasteiger charge is 2.30. The van der Waals surface area contributed by atoms with Crippen molar-refractivity contribution in [2.75, 3.05) is 0 Å². The summed E-state index contributed by atoms with van der Waals surface area (Å²) in [5.74, 6) is 0.300. The van der Waals surface area contributed by atoms with Crippen LogP contribution >= 0.6 is 0 Å². The molecule has 0 saturated heterocycles. The summed E-state index contributed by atoms with van der Waals surface area (Å²) < 4.78 is 0. The molecule has 1 radical (unpaired) electrons. The van der Waals surface area contributed by atoms with Crippen molar-refractivity contribution in [1.82, 2.24) is 0 Å². The molecule has 0 aromatic heterocycles. The molecule has 0 spiro atoms. The fourth-order valence-corrected chi connectivity index (χ4v) is 0.970. The predicted octanol–water partition coefficient (Wildman–Crippen LogP) is 0.264. The maximum absolute atomic E-state index is 8.53. The number of hydrogen-bond donors (Lipinski definition) is 2. The first kappa shape index (κ1) is 7.60. The molecular weight excluding hydrogens is 127 g/mol. The Balaban J connectivity index is 2.47. The molecule has 1 fully saturated rings. The van der Waals surface area contributed by atoms with Gasteiger partial charge in [0.15, 0.2) is 0 Å². The molecule has 0 heterocycles. The Morgan fingerprint density at radius 2 is 2.40 bits per heavy atom. The van der Waals surface area contributed by atoms with Crippen LogP contribution in [0.25, 0.3) is 0 Å². The van der Waals surface area contributed by atoms with Gasteiger partial charge in [-0.15, -0.1) is 0 Å². The van der Waals surface area contributed by atoms with Gasteiger partial charge in [-0.25, -0.2) is 0 Å². The minimum absolute atomic E-state index is 0.155. The van der Waals surface area contributed by atoms with E-state index >= 15 is 0 Å². The molecule has 4 heteroatoms. The van der Waals surface area contributed by atoms with E-state index in [4.69, 9.17) is 10.9 Å². The molecule has 10 heavy (non-hydrogen) atoms. The molecule has 1 saturated carbocycles. The molecule has 55 valence electrons. The van der Waals surface area contributed by atoms with Gasteiger partial charge in [-0.2, -0.15) is 0 Å². The van der Waals surface area contributed by atoms with E-state index in [0.29, 0.717) is 5.92 Å². The van der Waals surface area contributed by atoms with Crippen LogP contribution < -0.4 is 5.73 Å². The van der Waals surface area contributed by atoms with E-state index in [0.717, 1.165) is 18.6 Å². The van der Waals surface area contributed by atoms with Crippen molar-refractivity contribution in [3.8, 4) is 0 Å². The summed E-state index contributed by atoms with van der Waals surface area (Å²) in [4.78, 5) is 0. The number of nitrogens with two attached hydrogens (primary N) is 1. The van der Waals surface area contributed by atoms with E-state index in [9.17, 15) is 0 Å². The van der Waals surface area contributed by atoms with Crippen LogP contribution in [0.15, 0.2) is 5.16 Å². The van der Waals surface area contributed by atoms with Crippen molar-refractivity contribution in [2.45, 2.75) is 25.6 Å². The second-order valence-corrected chi connectivity index (χ2v) is 2.66. The summed E-state index contributed by atoms with van der Waals surface area (Å²) in [7, 11) is 1.84. The Morgan fingerprint density at radius 1 is 1.80 bits per heavy atom. The fraction of sp³-hybridized carbons (Fsp3) is 0.833. The van der Waals surface area contributed by atoms with Gasteiger partial charge in [0.25, 0.3) is 0 Å².